The molecule has 1 atom stereocenters. The Kier molecular flexibility index (Phi) is 4.90. The van der Waals surface area contributed by atoms with Crippen LogP contribution in [0.2, 0.25) is 5.02 Å². The van der Waals surface area contributed by atoms with E-state index in [2.05, 4.69) is 25.8 Å². The zero-order valence-electron chi connectivity index (χ0n) is 14.7. The Hall–Kier alpha value is -1.47. The predicted octanol–water partition coefficient (Wildman–Crippen LogP) is 4.69. The van der Waals surface area contributed by atoms with E-state index in [4.69, 9.17) is 20.8 Å². The van der Waals surface area contributed by atoms with Crippen molar-refractivity contribution in [3.63, 3.8) is 0 Å². The quantitative estimate of drug-likeness (QED) is 0.657. The molecule has 0 bridgehead atoms. The van der Waals surface area contributed by atoms with Crippen molar-refractivity contribution in [1.82, 2.24) is 9.88 Å². The molecule has 1 amide bonds. The fraction of sp³-hybridized carbons (Fsp3) is 0.529. The number of carbonyl (C=O) groups is 1. The summed E-state index contributed by atoms with van der Waals surface area (Å²) in [4.78, 5) is 20.6. The molecule has 0 radical (unpaired) electrons. The molecule has 6 nitrogen and oxygen atoms in total. The van der Waals surface area contributed by atoms with Gasteiger partial charge in [-0.2, -0.15) is 4.98 Å². The van der Waals surface area contributed by atoms with Crippen molar-refractivity contribution in [2.75, 3.05) is 24.5 Å². The Balaban J connectivity index is 1.76. The van der Waals surface area contributed by atoms with E-state index in [0.29, 0.717) is 36.3 Å². The lowest BCUT2D eigenvalue weighted by molar-refractivity contribution is 0.0216. The highest BCUT2D eigenvalue weighted by atomic mass is 79.9. The third-order valence-corrected chi connectivity index (χ3v) is 4.75. The first-order valence-corrected chi connectivity index (χ1v) is 9.31. The second-order valence-electron chi connectivity index (χ2n) is 7.20. The van der Waals surface area contributed by atoms with E-state index in [1.165, 1.54) is 0 Å². The van der Waals surface area contributed by atoms with Gasteiger partial charge in [-0.15, -0.1) is 0 Å². The summed E-state index contributed by atoms with van der Waals surface area (Å²) in [7, 11) is 0. The number of amides is 1. The third-order valence-electron chi connectivity index (χ3n) is 3.93. The van der Waals surface area contributed by atoms with Crippen LogP contribution in [-0.2, 0) is 4.74 Å². The summed E-state index contributed by atoms with van der Waals surface area (Å²) in [6.07, 6.45) is -0.286. The molecule has 1 aromatic heterocycles. The van der Waals surface area contributed by atoms with Crippen LogP contribution >= 0.6 is 27.5 Å². The molecule has 8 heteroatoms. The summed E-state index contributed by atoms with van der Waals surface area (Å²) >= 11 is 9.53. The Morgan fingerprint density at radius 1 is 1.40 bits per heavy atom. The molecule has 0 spiro atoms. The molecule has 3 rings (SSSR count). The lowest BCUT2D eigenvalue weighted by Gasteiger charge is -2.39. The molecule has 2 aromatic rings. The van der Waals surface area contributed by atoms with Gasteiger partial charge in [0.25, 0.3) is 6.01 Å². The maximum absolute atomic E-state index is 12.3. The number of hydrogen-bond acceptors (Lipinski definition) is 5. The largest absolute Gasteiger partial charge is 0.444 e. The second-order valence-corrected chi connectivity index (χ2v) is 8.49. The summed E-state index contributed by atoms with van der Waals surface area (Å²) in [6, 6.07) is 4.14. The molecule has 0 saturated carbocycles. The van der Waals surface area contributed by atoms with Crippen molar-refractivity contribution in [3.05, 3.63) is 21.6 Å². The van der Waals surface area contributed by atoms with Gasteiger partial charge in [-0.3, -0.25) is 0 Å². The number of hydrogen-bond donors (Lipinski definition) is 0. The molecule has 136 valence electrons. The van der Waals surface area contributed by atoms with Gasteiger partial charge in [-0.25, -0.2) is 4.79 Å². The number of oxazole rings is 1. The number of halogens is 2. The molecular formula is C17H21BrClN3O3. The SMILES string of the molecule is C[C@@H]1CN(C(=O)OC(C)(C)C)CCN1c1nc2c(Br)cc(Cl)cc2o1. The number of ether oxygens (including phenoxy) is 1. The second kappa shape index (κ2) is 6.68. The highest BCUT2D eigenvalue weighted by Gasteiger charge is 2.32. The van der Waals surface area contributed by atoms with E-state index >= 15 is 0 Å². The smallest absolute Gasteiger partial charge is 0.410 e. The van der Waals surface area contributed by atoms with Crippen molar-refractivity contribution in [3.8, 4) is 0 Å². The molecule has 0 unspecified atom stereocenters. The van der Waals surface area contributed by atoms with Crippen LogP contribution in [0.3, 0.4) is 0 Å². The first-order chi connectivity index (χ1) is 11.6. The molecule has 1 fully saturated rings. The predicted molar refractivity (Wildman–Crippen MR) is 101 cm³/mol. The molecule has 1 saturated heterocycles. The number of rotatable bonds is 1. The molecule has 2 heterocycles. The molecule has 1 aliphatic heterocycles. The highest BCUT2D eigenvalue weighted by Crippen LogP contribution is 2.32. The van der Waals surface area contributed by atoms with Gasteiger partial charge in [0.15, 0.2) is 5.58 Å². The molecule has 25 heavy (non-hydrogen) atoms. The Bertz CT molecular complexity index is 802. The number of nitrogens with zero attached hydrogens (tertiary/aromatic N) is 3. The number of fused-ring (bicyclic) bond motifs is 1. The maximum Gasteiger partial charge on any atom is 0.410 e. The first kappa shape index (κ1) is 18.3. The van der Waals surface area contributed by atoms with Crippen LogP contribution in [0.15, 0.2) is 21.0 Å². The molecule has 0 aliphatic carbocycles. The fourth-order valence-corrected chi connectivity index (χ4v) is 3.67. The Morgan fingerprint density at radius 3 is 2.76 bits per heavy atom. The summed E-state index contributed by atoms with van der Waals surface area (Å²) in [5.74, 6) is 0. The maximum atomic E-state index is 12.3. The van der Waals surface area contributed by atoms with Gasteiger partial charge in [0.1, 0.15) is 11.1 Å². The summed E-state index contributed by atoms with van der Waals surface area (Å²) in [5.41, 5.74) is 0.876. The van der Waals surface area contributed by atoms with E-state index in [-0.39, 0.29) is 12.1 Å². The van der Waals surface area contributed by atoms with Gasteiger partial charge in [0.05, 0.1) is 0 Å². The van der Waals surface area contributed by atoms with Gasteiger partial charge in [0.2, 0.25) is 0 Å². The van der Waals surface area contributed by atoms with E-state index in [0.717, 1.165) is 9.99 Å². The highest BCUT2D eigenvalue weighted by molar-refractivity contribution is 9.10. The number of benzene rings is 1. The lowest BCUT2D eigenvalue weighted by atomic mass is 10.2. The molecule has 1 aromatic carbocycles. The molecular weight excluding hydrogens is 410 g/mol. The van der Waals surface area contributed by atoms with Gasteiger partial charge < -0.3 is 19.0 Å². The van der Waals surface area contributed by atoms with E-state index in [1.54, 1.807) is 17.0 Å². The van der Waals surface area contributed by atoms with Crippen LogP contribution in [0.5, 0.6) is 0 Å². The van der Waals surface area contributed by atoms with Gasteiger partial charge in [-0.1, -0.05) is 11.6 Å². The van der Waals surface area contributed by atoms with Gasteiger partial charge in [0, 0.05) is 41.2 Å². The van der Waals surface area contributed by atoms with Crippen molar-refractivity contribution >= 4 is 50.7 Å². The van der Waals surface area contributed by atoms with Crippen molar-refractivity contribution in [2.24, 2.45) is 0 Å². The standard InChI is InChI=1S/C17H21BrClN3O3/c1-10-9-21(16(23)25-17(2,3)4)5-6-22(10)15-20-14-12(18)7-11(19)8-13(14)24-15/h7-8,10H,5-6,9H2,1-4H3/t10-/m1/s1. The van der Waals surface area contributed by atoms with Crippen LogP contribution in [-0.4, -0.2) is 47.3 Å². The molecule has 0 N–H and O–H groups in total. The van der Waals surface area contributed by atoms with Crippen LogP contribution in [0.4, 0.5) is 10.8 Å². The van der Waals surface area contributed by atoms with Crippen LogP contribution in [0, 0.1) is 0 Å². The third kappa shape index (κ3) is 4.03. The van der Waals surface area contributed by atoms with Gasteiger partial charge in [-0.05, 0) is 49.7 Å². The normalized spacial score (nSPS) is 18.7. The zero-order valence-corrected chi connectivity index (χ0v) is 17.0. The number of anilines is 1. The van der Waals surface area contributed by atoms with Crippen LogP contribution in [0.25, 0.3) is 11.1 Å². The summed E-state index contributed by atoms with van der Waals surface area (Å²) in [5, 5.41) is 0.588. The summed E-state index contributed by atoms with van der Waals surface area (Å²) < 4.78 is 12.1. The minimum atomic E-state index is -0.497. The number of carbonyl (C=O) groups excluding carboxylic acids is 1. The Morgan fingerprint density at radius 2 is 2.12 bits per heavy atom. The zero-order chi connectivity index (χ0) is 18.4. The van der Waals surface area contributed by atoms with Crippen LogP contribution < -0.4 is 4.90 Å². The monoisotopic (exact) mass is 429 g/mol. The average molecular weight is 431 g/mol. The van der Waals surface area contributed by atoms with Crippen LogP contribution in [0.1, 0.15) is 27.7 Å². The lowest BCUT2D eigenvalue weighted by Crippen LogP contribution is -2.54. The van der Waals surface area contributed by atoms with Crippen molar-refractivity contribution < 1.29 is 13.9 Å². The number of aromatic nitrogens is 1. The first-order valence-electron chi connectivity index (χ1n) is 8.14. The van der Waals surface area contributed by atoms with E-state index in [9.17, 15) is 4.79 Å². The minimum absolute atomic E-state index is 0.0589. The van der Waals surface area contributed by atoms with E-state index < -0.39 is 5.60 Å². The van der Waals surface area contributed by atoms with Crippen molar-refractivity contribution in [1.29, 1.82) is 0 Å². The fourth-order valence-electron chi connectivity index (χ4n) is 2.80. The molecule has 1 aliphatic rings. The van der Waals surface area contributed by atoms with Gasteiger partial charge >= 0.3 is 6.09 Å². The summed E-state index contributed by atoms with van der Waals surface area (Å²) in [6.45, 7) is 9.37. The van der Waals surface area contributed by atoms with Crippen molar-refractivity contribution in [2.45, 2.75) is 39.3 Å². The average Bonchev–Trinajstić information content (AvgIpc) is 2.89. The minimum Gasteiger partial charge on any atom is -0.444 e. The number of piperazine rings is 1. The van der Waals surface area contributed by atoms with E-state index in [1.807, 2.05) is 27.7 Å². The Labute approximate surface area is 160 Å². The topological polar surface area (TPSA) is 58.8 Å².